The fourth-order valence-electron chi connectivity index (χ4n) is 5.71. The van der Waals surface area contributed by atoms with Crippen molar-refractivity contribution in [1.29, 1.82) is 0 Å². The van der Waals surface area contributed by atoms with Crippen molar-refractivity contribution < 1.29 is 22.5 Å². The van der Waals surface area contributed by atoms with Crippen LogP contribution in [-0.4, -0.2) is 49.3 Å². The summed E-state index contributed by atoms with van der Waals surface area (Å²) in [6.07, 6.45) is 7.04. The van der Waals surface area contributed by atoms with Crippen LogP contribution in [0, 0.1) is 11.8 Å². The van der Waals surface area contributed by atoms with Crippen LogP contribution in [0.4, 0.5) is 11.4 Å². The van der Waals surface area contributed by atoms with Gasteiger partial charge in [0, 0.05) is 54.5 Å². The number of nitrogens with zero attached hydrogens (tertiary/aromatic N) is 3. The van der Waals surface area contributed by atoms with E-state index in [0.717, 1.165) is 48.9 Å². The monoisotopic (exact) mass is 548 g/mol. The molecule has 3 aromatic rings. The third-order valence-corrected chi connectivity index (χ3v) is 10.1. The number of benzene rings is 2. The summed E-state index contributed by atoms with van der Waals surface area (Å²) in [4.78, 5) is 28.0. The molecule has 2 aromatic carbocycles. The molecule has 2 amide bonds. The number of hydrogen-bond donors (Lipinski definition) is 1. The first-order valence-electron chi connectivity index (χ1n) is 13.7. The Morgan fingerprint density at radius 3 is 2.46 bits per heavy atom. The predicted molar refractivity (Wildman–Crippen MR) is 147 cm³/mol. The second kappa shape index (κ2) is 10.6. The number of fused-ring (bicyclic) bond motifs is 1. The van der Waals surface area contributed by atoms with Crippen LogP contribution in [0.5, 0.6) is 0 Å². The average Bonchev–Trinajstić information content (AvgIpc) is 3.47. The molecule has 1 saturated carbocycles. The number of nitrogens with one attached hydrogen (secondary N) is 1. The molecule has 1 aromatic heterocycles. The van der Waals surface area contributed by atoms with Crippen LogP contribution in [0.15, 0.2) is 64.1 Å². The second-order valence-electron chi connectivity index (χ2n) is 10.6. The number of sulfonamides is 1. The van der Waals surface area contributed by atoms with Crippen molar-refractivity contribution in [3.8, 4) is 11.3 Å². The topological polar surface area (TPSA) is 113 Å². The number of carbonyl (C=O) groups is 2. The smallest absolute Gasteiger partial charge is 0.243 e. The van der Waals surface area contributed by atoms with Gasteiger partial charge in [-0.2, -0.15) is 4.31 Å². The zero-order valence-corrected chi connectivity index (χ0v) is 22.5. The standard InChI is InChI=1S/C29H32N4O5S/c34-28(31-24-8-2-6-23(18-24)27-11-14-30-38-27)20-12-16-32(17-13-20)39(36,37)25-9-10-26-22(19-25)7-3-15-33(26)29(35)21-4-1-5-21/h2,6,8-11,14,18-21H,1,3-5,7,12-13,15-17H2,(H,31,34). The van der Waals surface area contributed by atoms with Gasteiger partial charge in [-0.1, -0.05) is 23.7 Å². The summed E-state index contributed by atoms with van der Waals surface area (Å²) >= 11 is 0. The van der Waals surface area contributed by atoms with E-state index >= 15 is 0 Å². The van der Waals surface area contributed by atoms with Gasteiger partial charge in [-0.3, -0.25) is 9.59 Å². The largest absolute Gasteiger partial charge is 0.356 e. The van der Waals surface area contributed by atoms with Gasteiger partial charge in [0.05, 0.1) is 11.1 Å². The number of hydrogen-bond acceptors (Lipinski definition) is 6. The van der Waals surface area contributed by atoms with Crippen LogP contribution < -0.4 is 10.2 Å². The normalized spacial score (nSPS) is 18.8. The highest BCUT2D eigenvalue weighted by Gasteiger charge is 2.35. The zero-order valence-electron chi connectivity index (χ0n) is 21.7. The molecule has 0 atom stereocenters. The summed E-state index contributed by atoms with van der Waals surface area (Å²) < 4.78 is 33.7. The molecule has 1 N–H and O–H groups in total. The molecular weight excluding hydrogens is 516 g/mol. The van der Waals surface area contributed by atoms with E-state index in [1.807, 2.05) is 29.2 Å². The predicted octanol–water partition coefficient (Wildman–Crippen LogP) is 4.46. The Morgan fingerprint density at radius 1 is 0.923 bits per heavy atom. The molecular formula is C29H32N4O5S. The van der Waals surface area contributed by atoms with Gasteiger partial charge in [0.15, 0.2) is 5.76 Å². The van der Waals surface area contributed by atoms with Gasteiger partial charge in [0.1, 0.15) is 0 Å². The third-order valence-electron chi connectivity index (χ3n) is 8.20. The van der Waals surface area contributed by atoms with Crippen LogP contribution in [0.25, 0.3) is 11.3 Å². The van der Waals surface area contributed by atoms with E-state index < -0.39 is 10.0 Å². The lowest BCUT2D eigenvalue weighted by Crippen LogP contribution is -2.42. The number of piperidine rings is 1. The molecule has 39 heavy (non-hydrogen) atoms. The first-order chi connectivity index (χ1) is 18.9. The summed E-state index contributed by atoms with van der Waals surface area (Å²) in [5.41, 5.74) is 3.23. The van der Waals surface area contributed by atoms with E-state index in [-0.39, 0.29) is 41.6 Å². The number of rotatable bonds is 6. The van der Waals surface area contributed by atoms with Gasteiger partial charge in [0.25, 0.3) is 0 Å². The third kappa shape index (κ3) is 5.10. The maximum atomic E-state index is 13.5. The molecule has 0 bridgehead atoms. The maximum absolute atomic E-state index is 13.5. The molecule has 2 aliphatic heterocycles. The van der Waals surface area contributed by atoms with Gasteiger partial charge in [-0.05, 0) is 74.4 Å². The van der Waals surface area contributed by atoms with Crippen molar-refractivity contribution in [3.05, 3.63) is 60.3 Å². The fourth-order valence-corrected chi connectivity index (χ4v) is 7.23. The van der Waals surface area contributed by atoms with Crippen molar-refractivity contribution in [2.75, 3.05) is 29.9 Å². The summed E-state index contributed by atoms with van der Waals surface area (Å²) in [6.45, 7) is 1.25. The Balaban J connectivity index is 1.10. The molecule has 0 spiro atoms. The molecule has 3 heterocycles. The lowest BCUT2D eigenvalue weighted by molar-refractivity contribution is -0.124. The van der Waals surface area contributed by atoms with Gasteiger partial charge in [0.2, 0.25) is 21.8 Å². The molecule has 9 nitrogen and oxygen atoms in total. The quantitative estimate of drug-likeness (QED) is 0.487. The Hall–Kier alpha value is -3.50. The highest BCUT2D eigenvalue weighted by Crippen LogP contribution is 2.36. The fraction of sp³-hybridized carbons (Fsp3) is 0.414. The van der Waals surface area contributed by atoms with Gasteiger partial charge < -0.3 is 14.7 Å². The lowest BCUT2D eigenvalue weighted by Gasteiger charge is -2.35. The number of carbonyl (C=O) groups excluding carboxylic acids is 2. The molecule has 204 valence electrons. The number of aryl methyl sites for hydroxylation is 1. The van der Waals surface area contributed by atoms with Crippen molar-refractivity contribution >= 4 is 33.2 Å². The molecule has 1 aliphatic carbocycles. The molecule has 3 aliphatic rings. The zero-order chi connectivity index (χ0) is 27.0. The SMILES string of the molecule is O=C(Nc1cccc(-c2ccno2)c1)C1CCN(S(=O)(=O)c2ccc3c(c2)CCCN3C(=O)C2CCC2)CC1. The van der Waals surface area contributed by atoms with Gasteiger partial charge in [-0.15, -0.1) is 0 Å². The van der Waals surface area contributed by atoms with Crippen LogP contribution in [0.2, 0.25) is 0 Å². The Kier molecular flexibility index (Phi) is 6.99. The molecule has 1 saturated heterocycles. The van der Waals surface area contributed by atoms with E-state index in [1.165, 1.54) is 4.31 Å². The molecule has 2 fully saturated rings. The minimum atomic E-state index is -3.70. The molecule has 0 radical (unpaired) electrons. The highest BCUT2D eigenvalue weighted by atomic mass is 32.2. The van der Waals surface area contributed by atoms with Crippen LogP contribution in [-0.2, 0) is 26.0 Å². The molecule has 10 heteroatoms. The van der Waals surface area contributed by atoms with E-state index in [9.17, 15) is 18.0 Å². The number of aromatic nitrogens is 1. The van der Waals surface area contributed by atoms with Crippen LogP contribution >= 0.6 is 0 Å². The van der Waals surface area contributed by atoms with Crippen molar-refractivity contribution in [2.24, 2.45) is 11.8 Å². The number of anilines is 2. The first kappa shape index (κ1) is 25.8. The van der Waals surface area contributed by atoms with E-state index in [4.69, 9.17) is 4.52 Å². The van der Waals surface area contributed by atoms with Crippen molar-refractivity contribution in [1.82, 2.24) is 9.46 Å². The average molecular weight is 549 g/mol. The first-order valence-corrected chi connectivity index (χ1v) is 15.1. The minimum Gasteiger partial charge on any atom is -0.356 e. The van der Waals surface area contributed by atoms with Gasteiger partial charge >= 0.3 is 0 Å². The molecule has 0 unspecified atom stereocenters. The van der Waals surface area contributed by atoms with E-state index in [2.05, 4.69) is 10.5 Å². The Bertz CT molecular complexity index is 1480. The highest BCUT2D eigenvalue weighted by molar-refractivity contribution is 7.89. The summed E-state index contributed by atoms with van der Waals surface area (Å²) in [5.74, 6) is 0.495. The summed E-state index contributed by atoms with van der Waals surface area (Å²) in [6, 6.07) is 14.3. The molecule has 6 rings (SSSR count). The van der Waals surface area contributed by atoms with Crippen LogP contribution in [0.1, 0.15) is 44.1 Å². The van der Waals surface area contributed by atoms with E-state index in [0.29, 0.717) is 30.8 Å². The summed E-state index contributed by atoms with van der Waals surface area (Å²) in [5, 5.41) is 6.68. The number of amides is 2. The Labute approximate surface area is 228 Å². The maximum Gasteiger partial charge on any atom is 0.243 e. The minimum absolute atomic E-state index is 0.107. The lowest BCUT2D eigenvalue weighted by atomic mass is 9.83. The Morgan fingerprint density at radius 2 is 1.74 bits per heavy atom. The van der Waals surface area contributed by atoms with Gasteiger partial charge in [-0.25, -0.2) is 8.42 Å². The van der Waals surface area contributed by atoms with Crippen LogP contribution in [0.3, 0.4) is 0 Å². The van der Waals surface area contributed by atoms with Crippen molar-refractivity contribution in [2.45, 2.75) is 49.8 Å². The second-order valence-corrected chi connectivity index (χ2v) is 12.6. The van der Waals surface area contributed by atoms with E-state index in [1.54, 1.807) is 30.5 Å². The summed E-state index contributed by atoms with van der Waals surface area (Å²) in [7, 11) is -3.70. The van der Waals surface area contributed by atoms with Crippen molar-refractivity contribution in [3.63, 3.8) is 0 Å².